The summed E-state index contributed by atoms with van der Waals surface area (Å²) in [6.45, 7) is 0. The number of fused-ring (bicyclic) bond motifs is 18. The van der Waals surface area contributed by atoms with E-state index in [0.717, 1.165) is 0 Å². The molecule has 6 heteroatoms. The molecule has 0 radical (unpaired) electrons. The van der Waals surface area contributed by atoms with E-state index in [0.29, 0.717) is 0 Å². The van der Waals surface area contributed by atoms with Crippen molar-refractivity contribution in [2.24, 2.45) is 21.1 Å². The maximum Gasteiger partial charge on any atom is 0.0541 e. The number of para-hydroxylation sites is 6. The Morgan fingerprint density at radius 3 is 0.747 bits per heavy atom. The summed E-state index contributed by atoms with van der Waals surface area (Å²) in [5.74, 6) is 0. The molecule has 0 unspecified atom stereocenters. The molecule has 21 rings (SSSR count). The largest absolute Gasteiger partial charge is 0.344 e. The third-order valence-corrected chi connectivity index (χ3v) is 20.8. The van der Waals surface area contributed by atoms with E-state index in [1.807, 2.05) is 0 Å². The molecule has 99 heavy (non-hydrogen) atoms. The summed E-state index contributed by atoms with van der Waals surface area (Å²) in [7, 11) is 6.47. The van der Waals surface area contributed by atoms with Gasteiger partial charge in [-0.15, -0.1) is 0 Å². The van der Waals surface area contributed by atoms with Gasteiger partial charge in [-0.2, -0.15) is 0 Å². The van der Waals surface area contributed by atoms with E-state index in [-0.39, 0.29) is 0 Å². The summed E-state index contributed by atoms with van der Waals surface area (Å²) < 4.78 is 14.1. The summed E-state index contributed by atoms with van der Waals surface area (Å²) in [5.41, 5.74) is 26.0. The Balaban J connectivity index is 0.000000104. The highest BCUT2D eigenvalue weighted by molar-refractivity contribution is 6.16. The Kier molecular flexibility index (Phi) is 13.5. The molecule has 0 spiro atoms. The second kappa shape index (κ2) is 23.2. The van der Waals surface area contributed by atoms with Crippen LogP contribution in [0.5, 0.6) is 0 Å². The fourth-order valence-corrected chi connectivity index (χ4v) is 16.1. The number of aryl methyl sites for hydroxylation is 3. The zero-order valence-corrected chi connectivity index (χ0v) is 55.1. The molecular weight excluding hydrogens is 1200 g/mol. The number of nitrogens with zero attached hydrogens (tertiary/aromatic N) is 6. The molecule has 6 nitrogen and oxygen atoms in total. The Labute approximate surface area is 572 Å². The first-order valence-corrected chi connectivity index (χ1v) is 34.1. The van der Waals surface area contributed by atoms with Crippen molar-refractivity contribution in [2.45, 2.75) is 0 Å². The van der Waals surface area contributed by atoms with Crippen LogP contribution in [0.1, 0.15) is 0 Å². The molecular formula is C93H66N6. The predicted octanol–water partition coefficient (Wildman–Crippen LogP) is 24.3. The topological polar surface area (TPSA) is 29.6 Å². The van der Waals surface area contributed by atoms with Crippen molar-refractivity contribution >= 4 is 131 Å². The van der Waals surface area contributed by atoms with Crippen LogP contribution < -0.4 is 0 Å². The Hall–Kier alpha value is -12.9. The third-order valence-electron chi connectivity index (χ3n) is 20.8. The van der Waals surface area contributed by atoms with Gasteiger partial charge in [0.25, 0.3) is 0 Å². The Bertz CT molecular complexity index is 6640. The standard InChI is InChI=1S/3C31H22N2/c1-32-28-13-7-5-11-24(28)27-20-23(16-18-29(27)32)33-30-14-8-6-12-25(30)26-19-22(15-17-31(26)33)21-9-3-2-4-10-21;1-32-28-17-15-22(21-9-3-2-4-10-21)19-26(28)27-20-23(16-18-29(27)32)33-30-13-7-5-11-24(30)25-12-6-8-14-31(25)33;1-32-28-18-16-23(33-29-13-7-5-11-24(29)25-12-6-8-14-30(25)33)20-27(28)26-17-15-22(19-31(26)32)21-9-3-2-4-10-21/h3*2-20H,1H3. The highest BCUT2D eigenvalue weighted by atomic mass is 15.0. The normalized spacial score (nSPS) is 11.8. The molecule has 0 saturated carbocycles. The maximum absolute atomic E-state index is 2.40. The average molecular weight is 1270 g/mol. The van der Waals surface area contributed by atoms with Gasteiger partial charge in [0.2, 0.25) is 0 Å². The van der Waals surface area contributed by atoms with Crippen LogP contribution in [0.2, 0.25) is 0 Å². The number of hydrogen-bond acceptors (Lipinski definition) is 0. The second-order valence-electron chi connectivity index (χ2n) is 26.2. The van der Waals surface area contributed by atoms with Gasteiger partial charge in [-0.1, -0.05) is 224 Å². The van der Waals surface area contributed by atoms with Gasteiger partial charge in [-0.3, -0.25) is 0 Å². The molecule has 0 aliphatic rings. The highest BCUT2D eigenvalue weighted by Gasteiger charge is 2.20. The van der Waals surface area contributed by atoms with Crippen LogP contribution in [0, 0.1) is 0 Å². The highest BCUT2D eigenvalue weighted by Crippen LogP contribution is 2.41. The molecule has 6 heterocycles. The third kappa shape index (κ3) is 9.32. The Morgan fingerprint density at radius 2 is 0.364 bits per heavy atom. The molecule has 21 aromatic rings. The van der Waals surface area contributed by atoms with Gasteiger partial charge in [-0.25, -0.2) is 0 Å². The summed E-state index contributed by atoms with van der Waals surface area (Å²) in [5, 5.41) is 15.4. The average Bonchev–Trinajstić information content (AvgIpc) is 1.65. The first-order chi connectivity index (χ1) is 48.9. The summed E-state index contributed by atoms with van der Waals surface area (Å²) in [6.07, 6.45) is 0. The van der Waals surface area contributed by atoms with Crippen LogP contribution in [-0.4, -0.2) is 27.4 Å². The molecule has 468 valence electrons. The van der Waals surface area contributed by atoms with E-state index in [1.54, 1.807) is 0 Å². The molecule has 0 bridgehead atoms. The molecule has 0 saturated heterocycles. The van der Waals surface area contributed by atoms with Crippen LogP contribution in [0.4, 0.5) is 0 Å². The lowest BCUT2D eigenvalue weighted by Crippen LogP contribution is -1.94. The van der Waals surface area contributed by atoms with Gasteiger partial charge >= 0.3 is 0 Å². The van der Waals surface area contributed by atoms with Gasteiger partial charge in [0, 0.05) is 136 Å². The summed E-state index contributed by atoms with van der Waals surface area (Å²) in [6, 6.07) is 125. The quantitative estimate of drug-likeness (QED) is 0.159. The lowest BCUT2D eigenvalue weighted by atomic mass is 10.0. The molecule has 0 fully saturated rings. The van der Waals surface area contributed by atoms with Crippen molar-refractivity contribution in [3.8, 4) is 50.4 Å². The van der Waals surface area contributed by atoms with Crippen molar-refractivity contribution in [2.75, 3.05) is 0 Å². The molecule has 6 aromatic heterocycles. The smallest absolute Gasteiger partial charge is 0.0541 e. The van der Waals surface area contributed by atoms with Crippen LogP contribution in [0.15, 0.2) is 346 Å². The maximum atomic E-state index is 2.40. The summed E-state index contributed by atoms with van der Waals surface area (Å²) >= 11 is 0. The molecule has 15 aromatic carbocycles. The van der Waals surface area contributed by atoms with E-state index >= 15 is 0 Å². The van der Waals surface area contributed by atoms with E-state index in [9.17, 15) is 0 Å². The SMILES string of the molecule is Cn1c2ccc(-c3ccccc3)cc2c2cc(-n3c4ccccc4c4ccccc43)ccc21.Cn1c2ccc(-n3c4ccccc4c4ccccc43)cc2c2ccc(-c3ccccc3)cc21.Cn1c2ccccc2c2cc(-n3c4ccccc4c4cc(-c5ccccc5)ccc43)ccc21. The van der Waals surface area contributed by atoms with Gasteiger partial charge in [0.15, 0.2) is 0 Å². The predicted molar refractivity (Wildman–Crippen MR) is 421 cm³/mol. The lowest BCUT2D eigenvalue weighted by molar-refractivity contribution is 1.01. The number of aromatic nitrogens is 6. The summed E-state index contributed by atoms with van der Waals surface area (Å²) in [4.78, 5) is 0. The van der Waals surface area contributed by atoms with Crippen molar-refractivity contribution in [1.29, 1.82) is 0 Å². The first kappa shape index (κ1) is 57.5. The van der Waals surface area contributed by atoms with Crippen LogP contribution >= 0.6 is 0 Å². The van der Waals surface area contributed by atoms with Crippen LogP contribution in [0.25, 0.3) is 181 Å². The molecule has 0 N–H and O–H groups in total. The first-order valence-electron chi connectivity index (χ1n) is 34.1. The molecule has 0 amide bonds. The zero-order chi connectivity index (χ0) is 65.8. The van der Waals surface area contributed by atoms with Crippen molar-refractivity contribution < 1.29 is 0 Å². The molecule has 0 aliphatic carbocycles. The number of rotatable bonds is 6. The zero-order valence-electron chi connectivity index (χ0n) is 55.1. The molecule has 0 atom stereocenters. The minimum Gasteiger partial charge on any atom is -0.344 e. The lowest BCUT2D eigenvalue weighted by Gasteiger charge is -2.09. The monoisotopic (exact) mass is 1270 g/mol. The van der Waals surface area contributed by atoms with Gasteiger partial charge < -0.3 is 27.4 Å². The van der Waals surface area contributed by atoms with Crippen molar-refractivity contribution in [3.05, 3.63) is 346 Å². The fraction of sp³-hybridized carbons (Fsp3) is 0.0323. The van der Waals surface area contributed by atoms with Gasteiger partial charge in [0.05, 0.1) is 33.1 Å². The van der Waals surface area contributed by atoms with Crippen LogP contribution in [-0.2, 0) is 21.1 Å². The minimum atomic E-state index is 1.19. The number of hydrogen-bond donors (Lipinski definition) is 0. The van der Waals surface area contributed by atoms with Crippen LogP contribution in [0.3, 0.4) is 0 Å². The minimum absolute atomic E-state index is 1.19. The Morgan fingerprint density at radius 1 is 0.141 bits per heavy atom. The van der Waals surface area contributed by atoms with E-state index < -0.39 is 0 Å². The molecule has 0 aliphatic heterocycles. The second-order valence-corrected chi connectivity index (χ2v) is 26.2. The van der Waals surface area contributed by atoms with Crippen molar-refractivity contribution in [3.63, 3.8) is 0 Å². The number of benzene rings is 15. The van der Waals surface area contributed by atoms with Crippen molar-refractivity contribution in [1.82, 2.24) is 27.4 Å². The van der Waals surface area contributed by atoms with E-state index in [4.69, 9.17) is 0 Å². The van der Waals surface area contributed by atoms with Gasteiger partial charge in [0.1, 0.15) is 0 Å². The van der Waals surface area contributed by atoms with Gasteiger partial charge in [-0.05, 0) is 155 Å². The van der Waals surface area contributed by atoms with E-state index in [2.05, 4.69) is 394 Å². The van der Waals surface area contributed by atoms with E-state index in [1.165, 1.54) is 181 Å². The fourth-order valence-electron chi connectivity index (χ4n) is 16.1.